The molecule has 1 amide bonds. The fraction of sp³-hybridized carbons (Fsp3) is 0.276. The number of anilines is 1. The molecule has 1 saturated carbocycles. The van der Waals surface area contributed by atoms with Crippen molar-refractivity contribution in [3.05, 3.63) is 84.4 Å². The van der Waals surface area contributed by atoms with E-state index in [1.165, 1.54) is 30.3 Å². The van der Waals surface area contributed by atoms with Crippen molar-refractivity contribution in [2.75, 3.05) is 11.1 Å². The Hall–Kier alpha value is -3.59. The zero-order valence-electron chi connectivity index (χ0n) is 20.6. The van der Waals surface area contributed by atoms with E-state index in [9.17, 15) is 18.0 Å². The predicted molar refractivity (Wildman–Crippen MR) is 144 cm³/mol. The molecular formula is C29H27F3N4OS. The van der Waals surface area contributed by atoms with Gasteiger partial charge in [-0.05, 0) is 42.2 Å². The average Bonchev–Trinajstić information content (AvgIpc) is 3.37. The van der Waals surface area contributed by atoms with Crippen molar-refractivity contribution in [2.45, 2.75) is 49.5 Å². The van der Waals surface area contributed by atoms with Crippen LogP contribution in [-0.4, -0.2) is 26.4 Å². The van der Waals surface area contributed by atoms with E-state index in [1.807, 2.05) is 30.3 Å². The second-order valence-corrected chi connectivity index (χ2v) is 10.3. The maximum absolute atomic E-state index is 13.0. The van der Waals surface area contributed by atoms with Crippen LogP contribution >= 0.6 is 11.8 Å². The lowest BCUT2D eigenvalue weighted by atomic mass is 9.95. The van der Waals surface area contributed by atoms with Crippen LogP contribution in [0.5, 0.6) is 0 Å². The summed E-state index contributed by atoms with van der Waals surface area (Å²) in [7, 11) is 0. The number of nitrogens with zero attached hydrogens (tertiary/aromatic N) is 3. The van der Waals surface area contributed by atoms with Gasteiger partial charge in [0.05, 0.1) is 11.3 Å². The molecule has 0 atom stereocenters. The summed E-state index contributed by atoms with van der Waals surface area (Å²) in [6, 6.07) is 23.2. The molecule has 38 heavy (non-hydrogen) atoms. The lowest BCUT2D eigenvalue weighted by Crippen LogP contribution is -2.17. The van der Waals surface area contributed by atoms with Crippen LogP contribution in [0.25, 0.3) is 22.5 Å². The van der Waals surface area contributed by atoms with E-state index in [1.54, 1.807) is 0 Å². The third-order valence-electron chi connectivity index (χ3n) is 6.66. The van der Waals surface area contributed by atoms with Crippen molar-refractivity contribution < 1.29 is 18.0 Å². The molecule has 0 aliphatic heterocycles. The van der Waals surface area contributed by atoms with Gasteiger partial charge < -0.3 is 5.32 Å². The highest BCUT2D eigenvalue weighted by molar-refractivity contribution is 7.99. The maximum atomic E-state index is 13.0. The van der Waals surface area contributed by atoms with Crippen LogP contribution in [0, 0.1) is 0 Å². The summed E-state index contributed by atoms with van der Waals surface area (Å²) in [5.74, 6) is 0.368. The molecule has 1 N–H and O–H groups in total. The van der Waals surface area contributed by atoms with Crippen LogP contribution < -0.4 is 5.32 Å². The highest BCUT2D eigenvalue weighted by Crippen LogP contribution is 2.36. The van der Waals surface area contributed by atoms with E-state index in [4.69, 9.17) is 0 Å². The highest BCUT2D eigenvalue weighted by Gasteiger charge is 2.30. The van der Waals surface area contributed by atoms with Crippen molar-refractivity contribution in [1.29, 1.82) is 0 Å². The van der Waals surface area contributed by atoms with Crippen molar-refractivity contribution in [3.8, 4) is 22.5 Å². The first-order valence-corrected chi connectivity index (χ1v) is 13.6. The molecule has 1 aliphatic rings. The molecule has 0 bridgehead atoms. The number of thioether (sulfide) groups is 1. The Morgan fingerprint density at radius 1 is 0.868 bits per heavy atom. The third-order valence-corrected chi connectivity index (χ3v) is 7.60. The van der Waals surface area contributed by atoms with Crippen LogP contribution in [-0.2, 0) is 11.0 Å². The zero-order chi connectivity index (χ0) is 26.5. The van der Waals surface area contributed by atoms with Gasteiger partial charge in [-0.1, -0.05) is 91.7 Å². The van der Waals surface area contributed by atoms with Crippen molar-refractivity contribution in [3.63, 3.8) is 0 Å². The second kappa shape index (κ2) is 11.4. The summed E-state index contributed by atoms with van der Waals surface area (Å²) in [5.41, 5.74) is 2.50. The lowest BCUT2D eigenvalue weighted by Gasteiger charge is -2.25. The number of benzene rings is 3. The Morgan fingerprint density at radius 3 is 2.26 bits per heavy atom. The van der Waals surface area contributed by atoms with Gasteiger partial charge >= 0.3 is 6.18 Å². The van der Waals surface area contributed by atoms with E-state index >= 15 is 0 Å². The number of carbonyl (C=O) groups excluding carboxylic acids is 1. The summed E-state index contributed by atoms with van der Waals surface area (Å²) in [4.78, 5) is 12.6. The number of halogens is 3. The van der Waals surface area contributed by atoms with Crippen LogP contribution in [0.4, 0.5) is 18.9 Å². The summed E-state index contributed by atoms with van der Waals surface area (Å²) in [5, 5.41) is 12.1. The number of nitrogens with one attached hydrogen (secondary N) is 1. The first kappa shape index (κ1) is 26.0. The Balaban J connectivity index is 1.34. The number of hydrogen-bond donors (Lipinski definition) is 1. The SMILES string of the molecule is O=C(CSc1nnc(-c2ccc(-c3ccccc3)cc2)n1C1CCCCC1)Nc1cccc(C(F)(F)F)c1. The molecule has 1 aliphatic carbocycles. The van der Waals surface area contributed by atoms with E-state index in [-0.39, 0.29) is 17.5 Å². The number of rotatable bonds is 7. The molecule has 9 heteroatoms. The average molecular weight is 537 g/mol. The fourth-order valence-corrected chi connectivity index (χ4v) is 5.59. The molecule has 0 saturated heterocycles. The van der Waals surface area contributed by atoms with E-state index < -0.39 is 17.6 Å². The Bertz CT molecular complexity index is 1380. The quantitative estimate of drug-likeness (QED) is 0.244. The third kappa shape index (κ3) is 6.10. The van der Waals surface area contributed by atoms with Crippen molar-refractivity contribution >= 4 is 23.4 Å². The molecular weight excluding hydrogens is 509 g/mol. The molecule has 1 fully saturated rings. The topological polar surface area (TPSA) is 59.8 Å². The molecule has 1 aromatic heterocycles. The van der Waals surface area contributed by atoms with Crippen molar-refractivity contribution in [2.24, 2.45) is 0 Å². The Labute approximate surface area is 223 Å². The van der Waals surface area contributed by atoms with Gasteiger partial charge in [0, 0.05) is 17.3 Å². The summed E-state index contributed by atoms with van der Waals surface area (Å²) in [6.07, 6.45) is 0.988. The fourth-order valence-electron chi connectivity index (χ4n) is 4.78. The molecule has 4 aromatic rings. The van der Waals surface area contributed by atoms with Gasteiger partial charge in [-0.15, -0.1) is 10.2 Å². The van der Waals surface area contributed by atoms with E-state index in [2.05, 4.69) is 44.3 Å². The monoisotopic (exact) mass is 536 g/mol. The molecule has 5 rings (SSSR count). The molecule has 1 heterocycles. The highest BCUT2D eigenvalue weighted by atomic mass is 32.2. The molecule has 0 unspecified atom stereocenters. The van der Waals surface area contributed by atoms with Gasteiger partial charge in [0.15, 0.2) is 11.0 Å². The number of aromatic nitrogens is 3. The van der Waals surface area contributed by atoms with Crippen LogP contribution in [0.1, 0.15) is 43.7 Å². The largest absolute Gasteiger partial charge is 0.416 e. The van der Waals surface area contributed by atoms with Crippen LogP contribution in [0.3, 0.4) is 0 Å². The zero-order valence-corrected chi connectivity index (χ0v) is 21.4. The van der Waals surface area contributed by atoms with Gasteiger partial charge in [-0.3, -0.25) is 9.36 Å². The molecule has 0 spiro atoms. The summed E-state index contributed by atoms with van der Waals surface area (Å²) < 4.78 is 41.2. The molecule has 0 radical (unpaired) electrons. The first-order chi connectivity index (χ1) is 18.4. The first-order valence-electron chi connectivity index (χ1n) is 12.6. The number of amides is 1. The number of hydrogen-bond acceptors (Lipinski definition) is 4. The summed E-state index contributed by atoms with van der Waals surface area (Å²) in [6.45, 7) is 0. The minimum atomic E-state index is -4.47. The smallest absolute Gasteiger partial charge is 0.325 e. The van der Waals surface area contributed by atoms with Gasteiger partial charge in [-0.25, -0.2) is 0 Å². The van der Waals surface area contributed by atoms with Crippen LogP contribution in [0.2, 0.25) is 0 Å². The minimum absolute atomic E-state index is 0.00798. The minimum Gasteiger partial charge on any atom is -0.325 e. The van der Waals surface area contributed by atoms with E-state index in [0.29, 0.717) is 5.16 Å². The summed E-state index contributed by atoms with van der Waals surface area (Å²) >= 11 is 1.25. The lowest BCUT2D eigenvalue weighted by molar-refractivity contribution is -0.137. The molecule has 5 nitrogen and oxygen atoms in total. The standard InChI is InChI=1S/C29H27F3N4OS/c30-29(31,32)23-10-7-11-24(18-23)33-26(37)19-38-28-35-34-27(36(28)25-12-5-2-6-13-25)22-16-14-21(15-17-22)20-8-3-1-4-9-20/h1,3-4,7-11,14-18,25H,2,5-6,12-13,19H2,(H,33,37). The van der Waals surface area contributed by atoms with Gasteiger partial charge in [-0.2, -0.15) is 13.2 Å². The second-order valence-electron chi connectivity index (χ2n) is 9.33. The number of alkyl halides is 3. The van der Waals surface area contributed by atoms with E-state index in [0.717, 1.165) is 60.3 Å². The normalized spacial score (nSPS) is 14.4. The van der Waals surface area contributed by atoms with Crippen LogP contribution in [0.15, 0.2) is 84.0 Å². The Kier molecular flexibility index (Phi) is 7.83. The molecule has 196 valence electrons. The van der Waals surface area contributed by atoms with Gasteiger partial charge in [0.2, 0.25) is 5.91 Å². The predicted octanol–water partition coefficient (Wildman–Crippen LogP) is 7.87. The Morgan fingerprint density at radius 2 is 1.55 bits per heavy atom. The molecule has 3 aromatic carbocycles. The number of carbonyl (C=O) groups is 1. The van der Waals surface area contributed by atoms with Crippen molar-refractivity contribution in [1.82, 2.24) is 14.8 Å². The maximum Gasteiger partial charge on any atom is 0.416 e. The van der Waals surface area contributed by atoms with Gasteiger partial charge in [0.25, 0.3) is 0 Å². The van der Waals surface area contributed by atoms with Gasteiger partial charge in [0.1, 0.15) is 0 Å².